The van der Waals surface area contributed by atoms with Gasteiger partial charge in [-0.3, -0.25) is 0 Å². The minimum absolute atomic E-state index is 0.605. The Morgan fingerprint density at radius 2 is 1.55 bits per heavy atom. The van der Waals surface area contributed by atoms with Crippen LogP contribution >= 0.6 is 27.5 Å². The van der Waals surface area contributed by atoms with Crippen molar-refractivity contribution >= 4 is 35.8 Å². The molecule has 0 aromatic heterocycles. The average Bonchev–Trinajstić information content (AvgIpc) is 2.30. The number of hydrogen-bond acceptors (Lipinski definition) is 1. The van der Waals surface area contributed by atoms with Gasteiger partial charge in [0, 0.05) is 9.50 Å². The molecule has 0 aliphatic heterocycles. The average molecular weight is 378 g/mol. The van der Waals surface area contributed by atoms with Crippen LogP contribution in [0.15, 0.2) is 22.7 Å². The van der Waals surface area contributed by atoms with Gasteiger partial charge in [-0.15, -0.1) is 0 Å². The van der Waals surface area contributed by atoms with E-state index in [2.05, 4.69) is 57.5 Å². The molecule has 0 spiro atoms. The second-order valence-corrected chi connectivity index (χ2v) is 13.1. The zero-order valence-corrected chi connectivity index (χ0v) is 16.7. The Morgan fingerprint density at radius 3 is 1.95 bits per heavy atom. The van der Waals surface area contributed by atoms with E-state index in [9.17, 15) is 0 Å². The summed E-state index contributed by atoms with van der Waals surface area (Å²) in [4.78, 5) is 0. The summed E-state index contributed by atoms with van der Waals surface area (Å²) in [5, 5.41) is 0.751. The minimum Gasteiger partial charge on any atom is -0.412 e. The lowest BCUT2D eigenvalue weighted by Crippen LogP contribution is -2.47. The molecule has 0 radical (unpaired) electrons. The highest BCUT2D eigenvalue weighted by Crippen LogP contribution is 2.43. The lowest BCUT2D eigenvalue weighted by molar-refractivity contribution is 0.265. The second-order valence-electron chi connectivity index (χ2n) is 6.34. The highest BCUT2D eigenvalue weighted by atomic mass is 79.9. The van der Waals surface area contributed by atoms with Gasteiger partial charge in [-0.05, 0) is 34.3 Å². The molecule has 0 bridgehead atoms. The van der Waals surface area contributed by atoms with Crippen molar-refractivity contribution in [3.8, 4) is 0 Å². The van der Waals surface area contributed by atoms with Crippen molar-refractivity contribution < 1.29 is 4.43 Å². The number of benzene rings is 1. The molecule has 0 amide bonds. The van der Waals surface area contributed by atoms with E-state index in [0.29, 0.717) is 23.2 Å². The SMILES string of the molecule is CC(C)[Si](OCc1ccc(Cl)cc1Br)(C(C)C)C(C)C. The molecule has 0 heterocycles. The Hall–Kier alpha value is 0.167. The summed E-state index contributed by atoms with van der Waals surface area (Å²) < 4.78 is 7.62. The number of hydrogen-bond donors (Lipinski definition) is 0. The molecule has 1 rings (SSSR count). The zero-order valence-electron chi connectivity index (χ0n) is 13.3. The van der Waals surface area contributed by atoms with E-state index in [0.717, 1.165) is 9.50 Å². The van der Waals surface area contributed by atoms with Crippen LogP contribution in [0.25, 0.3) is 0 Å². The van der Waals surface area contributed by atoms with E-state index in [1.54, 1.807) is 0 Å². The fraction of sp³-hybridized carbons (Fsp3) is 0.625. The second kappa shape index (κ2) is 7.44. The lowest BCUT2D eigenvalue weighted by Gasteiger charge is -2.42. The topological polar surface area (TPSA) is 9.23 Å². The molecule has 0 N–H and O–H groups in total. The van der Waals surface area contributed by atoms with Gasteiger partial charge in [0.2, 0.25) is 8.32 Å². The molecule has 4 heteroatoms. The Kier molecular flexibility index (Phi) is 6.77. The summed E-state index contributed by atoms with van der Waals surface area (Å²) in [6.45, 7) is 14.5. The van der Waals surface area contributed by atoms with Crippen LogP contribution in [0.2, 0.25) is 21.6 Å². The number of rotatable bonds is 6. The molecule has 0 aliphatic rings. The highest BCUT2D eigenvalue weighted by Gasteiger charge is 2.44. The Bertz CT molecular complexity index is 424. The molecule has 0 saturated heterocycles. The molecular formula is C16H26BrClOSi. The van der Waals surface area contributed by atoms with Gasteiger partial charge in [-0.1, -0.05) is 75.1 Å². The first-order valence-electron chi connectivity index (χ1n) is 7.29. The summed E-state index contributed by atoms with van der Waals surface area (Å²) >= 11 is 9.57. The first-order valence-corrected chi connectivity index (χ1v) is 10.6. The van der Waals surface area contributed by atoms with E-state index in [1.165, 1.54) is 5.56 Å². The van der Waals surface area contributed by atoms with E-state index in [-0.39, 0.29) is 0 Å². The van der Waals surface area contributed by atoms with Crippen molar-refractivity contribution in [2.24, 2.45) is 0 Å². The third-order valence-electron chi connectivity index (χ3n) is 4.20. The largest absolute Gasteiger partial charge is 0.412 e. The van der Waals surface area contributed by atoms with Crippen LogP contribution in [0.5, 0.6) is 0 Å². The minimum atomic E-state index is -1.80. The van der Waals surface area contributed by atoms with E-state index >= 15 is 0 Å². The van der Waals surface area contributed by atoms with Crippen molar-refractivity contribution in [2.45, 2.75) is 64.8 Å². The van der Waals surface area contributed by atoms with Gasteiger partial charge in [-0.2, -0.15) is 0 Å². The van der Waals surface area contributed by atoms with Crippen LogP contribution < -0.4 is 0 Å². The summed E-state index contributed by atoms with van der Waals surface area (Å²) in [6, 6.07) is 5.91. The first kappa shape index (κ1) is 18.2. The molecule has 1 aromatic carbocycles. The molecule has 1 nitrogen and oxygen atoms in total. The van der Waals surface area contributed by atoms with E-state index in [4.69, 9.17) is 16.0 Å². The molecule has 0 atom stereocenters. The fourth-order valence-electron chi connectivity index (χ4n) is 3.34. The molecule has 1 aromatic rings. The molecule has 0 fully saturated rings. The normalized spacial score (nSPS) is 12.8. The fourth-order valence-corrected chi connectivity index (χ4v) is 9.54. The molecule has 20 heavy (non-hydrogen) atoms. The van der Waals surface area contributed by atoms with Gasteiger partial charge in [0.15, 0.2) is 0 Å². The summed E-state index contributed by atoms with van der Waals surface area (Å²) in [6.07, 6.45) is 0. The Labute approximate surface area is 138 Å². The maximum atomic E-state index is 6.59. The van der Waals surface area contributed by atoms with Crippen LogP contribution in [-0.2, 0) is 11.0 Å². The standard InChI is InChI=1S/C16H26BrClOSi/c1-11(2)20(12(3)4,13(5)6)19-10-14-7-8-15(18)9-16(14)17/h7-9,11-13H,10H2,1-6H3. The molecule has 0 unspecified atom stereocenters. The van der Waals surface area contributed by atoms with E-state index in [1.807, 2.05) is 18.2 Å². The Morgan fingerprint density at radius 1 is 1.05 bits per heavy atom. The molecule has 0 aliphatic carbocycles. The third kappa shape index (κ3) is 3.88. The monoisotopic (exact) mass is 376 g/mol. The van der Waals surface area contributed by atoms with Crippen LogP contribution in [0.3, 0.4) is 0 Å². The predicted octanol–water partition coefficient (Wildman–Crippen LogP) is 6.79. The first-order chi connectivity index (χ1) is 9.21. The van der Waals surface area contributed by atoms with Crippen LogP contribution in [0.1, 0.15) is 47.1 Å². The van der Waals surface area contributed by atoms with Crippen molar-refractivity contribution in [1.29, 1.82) is 0 Å². The zero-order chi connectivity index (χ0) is 15.5. The van der Waals surface area contributed by atoms with Crippen molar-refractivity contribution in [2.75, 3.05) is 0 Å². The van der Waals surface area contributed by atoms with Gasteiger partial charge in [0.25, 0.3) is 0 Å². The molecular weight excluding hydrogens is 352 g/mol. The lowest BCUT2D eigenvalue weighted by atomic mass is 10.2. The number of halogens is 2. The predicted molar refractivity (Wildman–Crippen MR) is 95.0 cm³/mol. The quantitative estimate of drug-likeness (QED) is 0.495. The van der Waals surface area contributed by atoms with Gasteiger partial charge in [-0.25, -0.2) is 0 Å². The Balaban J connectivity index is 2.97. The van der Waals surface area contributed by atoms with Gasteiger partial charge >= 0.3 is 0 Å². The molecule has 114 valence electrons. The summed E-state index contributed by atoms with van der Waals surface area (Å²) in [5.74, 6) is 0. The maximum absolute atomic E-state index is 6.59. The van der Waals surface area contributed by atoms with Crippen LogP contribution in [0.4, 0.5) is 0 Å². The van der Waals surface area contributed by atoms with Crippen LogP contribution in [0, 0.1) is 0 Å². The highest BCUT2D eigenvalue weighted by molar-refractivity contribution is 9.10. The van der Waals surface area contributed by atoms with Crippen molar-refractivity contribution in [3.05, 3.63) is 33.3 Å². The van der Waals surface area contributed by atoms with Crippen molar-refractivity contribution in [1.82, 2.24) is 0 Å². The van der Waals surface area contributed by atoms with E-state index < -0.39 is 8.32 Å². The van der Waals surface area contributed by atoms with Crippen molar-refractivity contribution in [3.63, 3.8) is 0 Å². The third-order valence-corrected chi connectivity index (χ3v) is 11.2. The van der Waals surface area contributed by atoms with Gasteiger partial charge < -0.3 is 4.43 Å². The summed E-state index contributed by atoms with van der Waals surface area (Å²) in [5.41, 5.74) is 2.99. The van der Waals surface area contributed by atoms with Gasteiger partial charge in [0.05, 0.1) is 6.61 Å². The van der Waals surface area contributed by atoms with Crippen LogP contribution in [-0.4, -0.2) is 8.32 Å². The maximum Gasteiger partial charge on any atom is 0.200 e. The molecule has 0 saturated carbocycles. The summed E-state index contributed by atoms with van der Waals surface area (Å²) in [7, 11) is -1.80. The van der Waals surface area contributed by atoms with Gasteiger partial charge in [0.1, 0.15) is 0 Å². The smallest absolute Gasteiger partial charge is 0.200 e.